The second-order valence-electron chi connectivity index (χ2n) is 5.61. The van der Waals surface area contributed by atoms with E-state index in [0.717, 1.165) is 18.0 Å². The van der Waals surface area contributed by atoms with Gasteiger partial charge in [-0.3, -0.25) is 0 Å². The second kappa shape index (κ2) is 5.24. The van der Waals surface area contributed by atoms with Gasteiger partial charge in [0, 0.05) is 18.3 Å². The highest BCUT2D eigenvalue weighted by Crippen LogP contribution is 2.20. The first-order valence-electron chi connectivity index (χ1n) is 5.87. The Bertz CT molecular complexity index is 326. The first-order chi connectivity index (χ1) is 7.37. The van der Waals surface area contributed by atoms with Crippen LogP contribution in [0.3, 0.4) is 0 Å². The fourth-order valence-electron chi connectivity index (χ4n) is 1.32. The summed E-state index contributed by atoms with van der Waals surface area (Å²) in [6.07, 6.45) is 0.220. The first kappa shape index (κ1) is 12.9. The van der Waals surface area contributed by atoms with Crippen molar-refractivity contribution >= 4 is 5.69 Å². The Morgan fingerprint density at radius 1 is 1.25 bits per heavy atom. The van der Waals surface area contributed by atoms with Crippen molar-refractivity contribution in [3.8, 4) is 5.75 Å². The van der Waals surface area contributed by atoms with Crippen LogP contribution in [0.25, 0.3) is 0 Å². The van der Waals surface area contributed by atoms with Crippen molar-refractivity contribution < 1.29 is 4.74 Å². The van der Waals surface area contributed by atoms with Crippen molar-refractivity contribution in [2.24, 2.45) is 5.41 Å². The van der Waals surface area contributed by atoms with Crippen LogP contribution in [0.4, 0.5) is 5.69 Å². The van der Waals surface area contributed by atoms with Crippen molar-refractivity contribution in [1.29, 1.82) is 0 Å². The molecule has 16 heavy (non-hydrogen) atoms. The molecule has 0 heterocycles. The number of benzene rings is 1. The van der Waals surface area contributed by atoms with Crippen molar-refractivity contribution in [3.63, 3.8) is 0 Å². The van der Waals surface area contributed by atoms with Crippen molar-refractivity contribution in [2.45, 2.75) is 40.7 Å². The molecule has 1 N–H and O–H groups in total. The highest BCUT2D eigenvalue weighted by atomic mass is 16.5. The van der Waals surface area contributed by atoms with E-state index >= 15 is 0 Å². The van der Waals surface area contributed by atoms with Gasteiger partial charge in [-0.05, 0) is 31.4 Å². The summed E-state index contributed by atoms with van der Waals surface area (Å²) in [7, 11) is 0. The average molecular weight is 221 g/mol. The zero-order valence-electron chi connectivity index (χ0n) is 11.0. The lowest BCUT2D eigenvalue weighted by molar-refractivity contribution is 0.242. The first-order valence-corrected chi connectivity index (χ1v) is 5.87. The highest BCUT2D eigenvalue weighted by molar-refractivity contribution is 5.48. The number of hydrogen-bond acceptors (Lipinski definition) is 2. The number of ether oxygens (including phenoxy) is 1. The van der Waals surface area contributed by atoms with Crippen molar-refractivity contribution in [3.05, 3.63) is 24.3 Å². The Hall–Kier alpha value is -1.18. The smallest absolute Gasteiger partial charge is 0.121 e. The topological polar surface area (TPSA) is 21.3 Å². The molecule has 0 amide bonds. The Morgan fingerprint density at radius 3 is 2.50 bits per heavy atom. The van der Waals surface area contributed by atoms with E-state index in [0.29, 0.717) is 0 Å². The van der Waals surface area contributed by atoms with Gasteiger partial charge in [-0.15, -0.1) is 0 Å². The minimum absolute atomic E-state index is 0.220. The molecule has 0 aliphatic heterocycles. The third-order valence-electron chi connectivity index (χ3n) is 2.03. The molecule has 0 bridgehead atoms. The summed E-state index contributed by atoms with van der Waals surface area (Å²) in [5, 5.41) is 3.42. The van der Waals surface area contributed by atoms with E-state index in [1.807, 2.05) is 32.0 Å². The number of anilines is 1. The van der Waals surface area contributed by atoms with Crippen LogP contribution in [0.1, 0.15) is 34.6 Å². The number of hydrogen-bond donors (Lipinski definition) is 1. The molecular formula is C14H23NO. The van der Waals surface area contributed by atoms with E-state index in [4.69, 9.17) is 4.74 Å². The van der Waals surface area contributed by atoms with Gasteiger partial charge < -0.3 is 10.1 Å². The van der Waals surface area contributed by atoms with E-state index in [9.17, 15) is 0 Å². The molecule has 1 aromatic rings. The number of rotatable bonds is 4. The quantitative estimate of drug-likeness (QED) is 0.831. The van der Waals surface area contributed by atoms with Crippen LogP contribution in [-0.2, 0) is 0 Å². The van der Waals surface area contributed by atoms with Gasteiger partial charge in [0.1, 0.15) is 5.75 Å². The summed E-state index contributed by atoms with van der Waals surface area (Å²) in [5.74, 6) is 0.925. The molecule has 0 atom stereocenters. The Morgan fingerprint density at radius 2 is 1.94 bits per heavy atom. The monoisotopic (exact) mass is 221 g/mol. The van der Waals surface area contributed by atoms with E-state index in [-0.39, 0.29) is 11.5 Å². The molecular weight excluding hydrogens is 198 g/mol. The molecule has 0 aliphatic carbocycles. The maximum Gasteiger partial charge on any atom is 0.121 e. The van der Waals surface area contributed by atoms with Crippen LogP contribution < -0.4 is 10.1 Å². The van der Waals surface area contributed by atoms with Gasteiger partial charge >= 0.3 is 0 Å². The lowest BCUT2D eigenvalue weighted by Crippen LogP contribution is -2.19. The van der Waals surface area contributed by atoms with Gasteiger partial charge in [0.2, 0.25) is 0 Å². The summed E-state index contributed by atoms with van der Waals surface area (Å²) in [4.78, 5) is 0. The molecule has 0 saturated heterocycles. The molecule has 0 spiro atoms. The van der Waals surface area contributed by atoms with E-state index in [2.05, 4.69) is 32.2 Å². The van der Waals surface area contributed by atoms with Crippen molar-refractivity contribution in [2.75, 3.05) is 11.9 Å². The molecule has 0 aromatic heterocycles. The van der Waals surface area contributed by atoms with Crippen LogP contribution in [-0.4, -0.2) is 12.6 Å². The van der Waals surface area contributed by atoms with E-state index in [1.165, 1.54) is 0 Å². The molecule has 0 saturated carbocycles. The predicted octanol–water partition coefficient (Wildman–Crippen LogP) is 3.93. The van der Waals surface area contributed by atoms with Gasteiger partial charge in [0.15, 0.2) is 0 Å². The lowest BCUT2D eigenvalue weighted by atomic mass is 9.97. The van der Waals surface area contributed by atoms with Crippen LogP contribution in [0, 0.1) is 5.41 Å². The normalized spacial score (nSPS) is 11.6. The third-order valence-corrected chi connectivity index (χ3v) is 2.03. The third kappa shape index (κ3) is 5.06. The Kier molecular flexibility index (Phi) is 4.22. The summed E-state index contributed by atoms with van der Waals surface area (Å²) in [6.45, 7) is 11.7. The van der Waals surface area contributed by atoms with Gasteiger partial charge in [-0.1, -0.05) is 26.8 Å². The zero-order valence-corrected chi connectivity index (χ0v) is 11.0. The fourth-order valence-corrected chi connectivity index (χ4v) is 1.32. The SMILES string of the molecule is CC(C)Oc1cccc(NCC(C)(C)C)c1. The minimum Gasteiger partial charge on any atom is -0.491 e. The number of nitrogens with one attached hydrogen (secondary N) is 1. The van der Waals surface area contributed by atoms with Crippen LogP contribution in [0.5, 0.6) is 5.75 Å². The van der Waals surface area contributed by atoms with E-state index < -0.39 is 0 Å². The second-order valence-corrected chi connectivity index (χ2v) is 5.61. The average Bonchev–Trinajstić information content (AvgIpc) is 2.13. The Labute approximate surface area is 99.0 Å². The summed E-state index contributed by atoms with van der Waals surface area (Å²) < 4.78 is 5.65. The van der Waals surface area contributed by atoms with Gasteiger partial charge in [0.25, 0.3) is 0 Å². The minimum atomic E-state index is 0.220. The van der Waals surface area contributed by atoms with Gasteiger partial charge in [-0.2, -0.15) is 0 Å². The lowest BCUT2D eigenvalue weighted by Gasteiger charge is -2.20. The van der Waals surface area contributed by atoms with Gasteiger partial charge in [0.05, 0.1) is 6.10 Å². The molecule has 1 rings (SSSR count). The largest absolute Gasteiger partial charge is 0.491 e. The zero-order chi connectivity index (χ0) is 12.2. The molecule has 90 valence electrons. The summed E-state index contributed by atoms with van der Waals surface area (Å²) >= 11 is 0. The van der Waals surface area contributed by atoms with Crippen LogP contribution >= 0.6 is 0 Å². The standard InChI is InChI=1S/C14H23NO/c1-11(2)16-13-8-6-7-12(9-13)15-10-14(3,4)5/h6-9,11,15H,10H2,1-5H3. The molecule has 1 aromatic carbocycles. The molecule has 0 fully saturated rings. The Balaban J connectivity index is 2.60. The summed E-state index contributed by atoms with van der Waals surface area (Å²) in [5.41, 5.74) is 1.41. The maximum atomic E-state index is 5.65. The van der Waals surface area contributed by atoms with E-state index in [1.54, 1.807) is 0 Å². The summed E-state index contributed by atoms with van der Waals surface area (Å²) in [6, 6.07) is 8.12. The predicted molar refractivity (Wildman–Crippen MR) is 70.2 cm³/mol. The van der Waals surface area contributed by atoms with Crippen LogP contribution in [0.15, 0.2) is 24.3 Å². The fraction of sp³-hybridized carbons (Fsp3) is 0.571. The van der Waals surface area contributed by atoms with Crippen molar-refractivity contribution in [1.82, 2.24) is 0 Å². The molecule has 0 aliphatic rings. The molecule has 0 radical (unpaired) electrons. The van der Waals surface area contributed by atoms with Crippen LogP contribution in [0.2, 0.25) is 0 Å². The molecule has 2 nitrogen and oxygen atoms in total. The molecule has 0 unspecified atom stereocenters. The van der Waals surface area contributed by atoms with Gasteiger partial charge in [-0.25, -0.2) is 0 Å². The highest BCUT2D eigenvalue weighted by Gasteiger charge is 2.09. The maximum absolute atomic E-state index is 5.65. The molecule has 2 heteroatoms.